The second kappa shape index (κ2) is 5.68. The van der Waals surface area contributed by atoms with Gasteiger partial charge in [-0.15, -0.1) is 0 Å². The maximum Gasteiger partial charge on any atom is 0.269 e. The van der Waals surface area contributed by atoms with Gasteiger partial charge in [-0.25, -0.2) is 0 Å². The predicted octanol–water partition coefficient (Wildman–Crippen LogP) is 2.15. The summed E-state index contributed by atoms with van der Waals surface area (Å²) in [5.74, 6) is -0.0139. The highest BCUT2D eigenvalue weighted by molar-refractivity contribution is 5.94. The zero-order valence-corrected chi connectivity index (χ0v) is 12.8. The molecule has 0 bridgehead atoms. The third kappa shape index (κ3) is 2.83. The van der Waals surface area contributed by atoms with Crippen molar-refractivity contribution in [3.8, 4) is 0 Å². The van der Waals surface area contributed by atoms with Crippen LogP contribution in [0, 0.1) is 15.5 Å². The maximum atomic E-state index is 12.6. The normalized spacial score (nSPS) is 25.6. The molecule has 0 aliphatic carbocycles. The van der Waals surface area contributed by atoms with E-state index in [-0.39, 0.29) is 17.0 Å². The first-order chi connectivity index (χ1) is 10.5. The van der Waals surface area contributed by atoms with E-state index < -0.39 is 4.92 Å². The van der Waals surface area contributed by atoms with E-state index in [0.29, 0.717) is 5.56 Å². The highest BCUT2D eigenvalue weighted by Crippen LogP contribution is 2.39. The average molecular weight is 303 g/mol. The van der Waals surface area contributed by atoms with Crippen LogP contribution in [0.2, 0.25) is 0 Å². The molecule has 1 amide bonds. The summed E-state index contributed by atoms with van der Waals surface area (Å²) in [6.07, 6.45) is 3.42. The summed E-state index contributed by atoms with van der Waals surface area (Å²) < 4.78 is 0. The lowest BCUT2D eigenvalue weighted by molar-refractivity contribution is -0.384. The van der Waals surface area contributed by atoms with Crippen LogP contribution >= 0.6 is 0 Å². The van der Waals surface area contributed by atoms with Crippen molar-refractivity contribution >= 4 is 11.6 Å². The zero-order valence-electron chi connectivity index (χ0n) is 12.8. The minimum absolute atomic E-state index is 0.0139. The molecule has 0 saturated carbocycles. The molecule has 6 nitrogen and oxygen atoms in total. The number of hydrogen-bond acceptors (Lipinski definition) is 4. The number of likely N-dealkylation sites (tertiary alicyclic amines) is 2. The lowest BCUT2D eigenvalue weighted by atomic mass is 9.79. The molecular weight excluding hydrogens is 282 g/mol. The minimum Gasteiger partial charge on any atom is -0.338 e. The predicted molar refractivity (Wildman–Crippen MR) is 82.8 cm³/mol. The van der Waals surface area contributed by atoms with E-state index in [4.69, 9.17) is 0 Å². The summed E-state index contributed by atoms with van der Waals surface area (Å²) in [7, 11) is 2.14. The molecule has 0 N–H and O–H groups in total. The number of carbonyl (C=O) groups excluding carboxylic acids is 1. The van der Waals surface area contributed by atoms with Gasteiger partial charge in [0.2, 0.25) is 0 Å². The molecule has 3 rings (SSSR count). The van der Waals surface area contributed by atoms with E-state index in [0.717, 1.165) is 32.6 Å². The van der Waals surface area contributed by atoms with Crippen molar-refractivity contribution in [2.75, 3.05) is 33.2 Å². The second-order valence-corrected chi connectivity index (χ2v) is 6.62. The Labute approximate surface area is 129 Å². The van der Waals surface area contributed by atoms with Gasteiger partial charge in [0.05, 0.1) is 4.92 Å². The van der Waals surface area contributed by atoms with Gasteiger partial charge < -0.3 is 9.80 Å². The van der Waals surface area contributed by atoms with Crippen molar-refractivity contribution in [1.29, 1.82) is 0 Å². The van der Waals surface area contributed by atoms with Crippen LogP contribution in [0.1, 0.15) is 29.6 Å². The molecule has 2 aliphatic rings. The third-order valence-electron chi connectivity index (χ3n) is 4.90. The number of non-ortho nitro benzene ring substituents is 1. The Morgan fingerprint density at radius 3 is 2.55 bits per heavy atom. The van der Waals surface area contributed by atoms with E-state index in [9.17, 15) is 14.9 Å². The standard InChI is InChI=1S/C16H21N3O3/c1-17-9-2-7-16(11-17)8-10-18(12-16)15(20)13-3-5-14(6-4-13)19(21)22/h3-6H,2,7-12H2,1H3. The first-order valence-electron chi connectivity index (χ1n) is 7.71. The summed E-state index contributed by atoms with van der Waals surface area (Å²) in [4.78, 5) is 27.1. The molecule has 118 valence electrons. The minimum atomic E-state index is -0.447. The van der Waals surface area contributed by atoms with E-state index in [1.165, 1.54) is 25.0 Å². The Balaban J connectivity index is 1.69. The molecule has 1 aromatic rings. The second-order valence-electron chi connectivity index (χ2n) is 6.62. The van der Waals surface area contributed by atoms with Crippen molar-refractivity contribution in [2.24, 2.45) is 5.41 Å². The van der Waals surface area contributed by atoms with Crippen LogP contribution in [0.3, 0.4) is 0 Å². The SMILES string of the molecule is CN1CCCC2(CCN(C(=O)c3ccc([N+](=O)[O-])cc3)C2)C1. The van der Waals surface area contributed by atoms with Crippen molar-refractivity contribution in [2.45, 2.75) is 19.3 Å². The zero-order chi connectivity index (χ0) is 15.7. The number of benzene rings is 1. The van der Waals surface area contributed by atoms with E-state index in [2.05, 4.69) is 11.9 Å². The van der Waals surface area contributed by atoms with Crippen molar-refractivity contribution in [3.05, 3.63) is 39.9 Å². The van der Waals surface area contributed by atoms with Crippen LogP contribution in [-0.2, 0) is 0 Å². The number of carbonyl (C=O) groups is 1. The van der Waals surface area contributed by atoms with Gasteiger partial charge in [0, 0.05) is 42.7 Å². The Morgan fingerprint density at radius 2 is 1.91 bits per heavy atom. The molecule has 2 aliphatic heterocycles. The van der Waals surface area contributed by atoms with Crippen LogP contribution in [0.5, 0.6) is 0 Å². The molecule has 1 spiro atoms. The fourth-order valence-corrected chi connectivity index (χ4v) is 3.80. The third-order valence-corrected chi connectivity index (χ3v) is 4.90. The number of amides is 1. The summed E-state index contributed by atoms with van der Waals surface area (Å²) in [5.41, 5.74) is 0.791. The Hall–Kier alpha value is -1.95. The Kier molecular flexibility index (Phi) is 3.87. The summed E-state index contributed by atoms with van der Waals surface area (Å²) in [6.45, 7) is 3.77. The molecule has 2 heterocycles. The summed E-state index contributed by atoms with van der Waals surface area (Å²) in [6, 6.07) is 5.90. The van der Waals surface area contributed by atoms with Crippen molar-refractivity contribution < 1.29 is 9.72 Å². The lowest BCUT2D eigenvalue weighted by Crippen LogP contribution is -2.43. The summed E-state index contributed by atoms with van der Waals surface area (Å²) in [5, 5.41) is 10.7. The smallest absolute Gasteiger partial charge is 0.269 e. The van der Waals surface area contributed by atoms with Gasteiger partial charge in [-0.1, -0.05) is 0 Å². The van der Waals surface area contributed by atoms with Crippen LogP contribution in [-0.4, -0.2) is 53.9 Å². The fraction of sp³-hybridized carbons (Fsp3) is 0.562. The molecule has 2 fully saturated rings. The first-order valence-corrected chi connectivity index (χ1v) is 7.71. The molecule has 2 saturated heterocycles. The number of nitro benzene ring substituents is 1. The molecule has 1 atom stereocenters. The fourth-order valence-electron chi connectivity index (χ4n) is 3.80. The van der Waals surface area contributed by atoms with Crippen LogP contribution in [0.25, 0.3) is 0 Å². The largest absolute Gasteiger partial charge is 0.338 e. The highest BCUT2D eigenvalue weighted by Gasteiger charge is 2.42. The van der Waals surface area contributed by atoms with Gasteiger partial charge in [0.25, 0.3) is 11.6 Å². The molecule has 1 aromatic carbocycles. The quantitative estimate of drug-likeness (QED) is 0.620. The van der Waals surface area contributed by atoms with E-state index >= 15 is 0 Å². The van der Waals surface area contributed by atoms with Crippen LogP contribution in [0.15, 0.2) is 24.3 Å². The maximum absolute atomic E-state index is 12.6. The number of nitro groups is 1. The topological polar surface area (TPSA) is 66.7 Å². The van der Waals surface area contributed by atoms with Crippen molar-refractivity contribution in [1.82, 2.24) is 9.80 Å². The monoisotopic (exact) mass is 303 g/mol. The molecular formula is C16H21N3O3. The van der Waals surface area contributed by atoms with Crippen LogP contribution in [0.4, 0.5) is 5.69 Å². The van der Waals surface area contributed by atoms with Crippen molar-refractivity contribution in [3.63, 3.8) is 0 Å². The average Bonchev–Trinajstić information content (AvgIpc) is 2.89. The number of rotatable bonds is 2. The number of piperidine rings is 1. The Morgan fingerprint density at radius 1 is 1.18 bits per heavy atom. The van der Waals surface area contributed by atoms with Gasteiger partial charge in [0.1, 0.15) is 0 Å². The van der Waals surface area contributed by atoms with Gasteiger partial charge >= 0.3 is 0 Å². The van der Waals surface area contributed by atoms with Crippen LogP contribution < -0.4 is 0 Å². The van der Waals surface area contributed by atoms with Gasteiger partial charge in [-0.05, 0) is 45.0 Å². The van der Waals surface area contributed by atoms with E-state index in [1.54, 1.807) is 12.1 Å². The van der Waals surface area contributed by atoms with Gasteiger partial charge in [0.15, 0.2) is 0 Å². The van der Waals surface area contributed by atoms with Gasteiger partial charge in [-0.2, -0.15) is 0 Å². The molecule has 1 unspecified atom stereocenters. The molecule has 0 aromatic heterocycles. The number of hydrogen-bond donors (Lipinski definition) is 0. The Bertz CT molecular complexity index is 587. The molecule has 6 heteroatoms. The number of nitrogens with zero attached hydrogens (tertiary/aromatic N) is 3. The summed E-state index contributed by atoms with van der Waals surface area (Å²) >= 11 is 0. The highest BCUT2D eigenvalue weighted by atomic mass is 16.6. The van der Waals surface area contributed by atoms with Gasteiger partial charge in [-0.3, -0.25) is 14.9 Å². The lowest BCUT2D eigenvalue weighted by Gasteiger charge is -2.38. The van der Waals surface area contributed by atoms with E-state index in [1.807, 2.05) is 4.90 Å². The molecule has 0 radical (unpaired) electrons. The first kappa shape index (κ1) is 15.0. The molecule has 22 heavy (non-hydrogen) atoms.